The zero-order chi connectivity index (χ0) is 24.6. The Morgan fingerprint density at radius 2 is 1.32 bits per heavy atom. The number of ether oxygens (including phenoxy) is 3. The van der Waals surface area contributed by atoms with Gasteiger partial charge < -0.3 is 19.1 Å². The van der Waals surface area contributed by atoms with Gasteiger partial charge in [-0.1, -0.05) is 6.08 Å². The SMILES string of the molecule is C/C=C(/C)C(=O)O[C@H]1C[C@H]2C[C@@H](OC(=O)/C=C(\C)C(=O)OC3C[C@H]4CC[C@@H](C3)N4C)C[C@@H]1N2C. The van der Waals surface area contributed by atoms with Crippen LogP contribution in [0.4, 0.5) is 0 Å². The summed E-state index contributed by atoms with van der Waals surface area (Å²) in [6.45, 7) is 5.16. The third kappa shape index (κ3) is 5.23. The van der Waals surface area contributed by atoms with Crippen LogP contribution < -0.4 is 0 Å². The highest BCUT2D eigenvalue weighted by Gasteiger charge is 2.48. The molecule has 4 aliphatic rings. The quantitative estimate of drug-likeness (QED) is 0.330. The minimum atomic E-state index is -0.523. The number of likely N-dealkylation sites (N-methyl/N-ethyl adjacent to an activating group) is 1. The highest BCUT2D eigenvalue weighted by atomic mass is 16.6. The van der Waals surface area contributed by atoms with E-state index < -0.39 is 11.9 Å². The molecule has 0 amide bonds. The lowest BCUT2D eigenvalue weighted by molar-refractivity contribution is -0.151. The molecule has 8 nitrogen and oxygen atoms in total. The third-order valence-electron chi connectivity index (χ3n) is 8.35. The van der Waals surface area contributed by atoms with Gasteiger partial charge in [0.15, 0.2) is 0 Å². The number of allylic oxidation sites excluding steroid dienone is 1. The summed E-state index contributed by atoms with van der Waals surface area (Å²) in [5.74, 6) is -1.26. The first kappa shape index (κ1) is 24.9. The minimum absolute atomic E-state index is 0.0139. The van der Waals surface area contributed by atoms with Crippen LogP contribution in [0.2, 0.25) is 0 Å². The van der Waals surface area contributed by atoms with Crippen LogP contribution in [0.25, 0.3) is 0 Å². The molecule has 8 heteroatoms. The number of fused-ring (bicyclic) bond motifs is 4. The van der Waals surface area contributed by atoms with Crippen molar-refractivity contribution in [3.63, 3.8) is 0 Å². The Kier molecular flexibility index (Phi) is 7.48. The van der Waals surface area contributed by atoms with Crippen LogP contribution in [0.3, 0.4) is 0 Å². The smallest absolute Gasteiger partial charge is 0.334 e. The van der Waals surface area contributed by atoms with Gasteiger partial charge in [-0.05, 0) is 47.7 Å². The molecule has 188 valence electrons. The molecular weight excluding hydrogens is 436 g/mol. The fourth-order valence-electron chi connectivity index (χ4n) is 6.08. The van der Waals surface area contributed by atoms with Gasteiger partial charge >= 0.3 is 17.9 Å². The molecule has 0 spiro atoms. The second-order valence-corrected chi connectivity index (χ2v) is 10.4. The molecule has 0 aromatic carbocycles. The van der Waals surface area contributed by atoms with Gasteiger partial charge in [-0.2, -0.15) is 0 Å². The number of esters is 3. The maximum absolute atomic E-state index is 12.6. The summed E-state index contributed by atoms with van der Waals surface area (Å²) in [6, 6.07) is 1.17. The number of hydrogen-bond donors (Lipinski definition) is 0. The van der Waals surface area contributed by atoms with E-state index in [9.17, 15) is 14.4 Å². The third-order valence-corrected chi connectivity index (χ3v) is 8.35. The minimum Gasteiger partial charge on any atom is -0.459 e. The van der Waals surface area contributed by atoms with Crippen molar-refractivity contribution < 1.29 is 28.6 Å². The highest BCUT2D eigenvalue weighted by Crippen LogP contribution is 2.38. The average molecular weight is 475 g/mol. The molecule has 7 atom stereocenters. The Morgan fingerprint density at radius 3 is 1.97 bits per heavy atom. The molecule has 4 heterocycles. The fraction of sp³-hybridized carbons (Fsp3) is 0.731. The summed E-state index contributed by atoms with van der Waals surface area (Å²) >= 11 is 0. The van der Waals surface area contributed by atoms with Gasteiger partial charge in [0, 0.05) is 67.5 Å². The van der Waals surface area contributed by atoms with Gasteiger partial charge in [-0.15, -0.1) is 0 Å². The van der Waals surface area contributed by atoms with Crippen LogP contribution in [0, 0.1) is 0 Å². The van der Waals surface area contributed by atoms with Gasteiger partial charge in [0.1, 0.15) is 18.3 Å². The van der Waals surface area contributed by atoms with E-state index in [4.69, 9.17) is 14.2 Å². The molecule has 4 aliphatic heterocycles. The summed E-state index contributed by atoms with van der Waals surface area (Å²) in [4.78, 5) is 42.0. The van der Waals surface area contributed by atoms with E-state index in [0.29, 0.717) is 30.5 Å². The second-order valence-electron chi connectivity index (χ2n) is 10.4. The number of nitrogens with zero attached hydrogens (tertiary/aromatic N) is 2. The van der Waals surface area contributed by atoms with Crippen LogP contribution in [0.1, 0.15) is 65.7 Å². The zero-order valence-electron chi connectivity index (χ0n) is 21.0. The standard InChI is InChI=1S/C26H38N2O6/c1-6-15(2)25(30)34-23-13-19-12-21(14-22(23)28(19)5)32-24(29)9-16(3)26(31)33-20-10-17-7-8-18(11-20)27(17)4/h6,9,17-23H,7-8,10-14H2,1-5H3/b15-6-,16-9+/t17-,18+,19-,20?,21-,22+,23+/m1/s1. The number of rotatable bonds is 6. The maximum atomic E-state index is 12.6. The molecule has 0 saturated carbocycles. The molecule has 4 saturated heterocycles. The van der Waals surface area contributed by atoms with Crippen molar-refractivity contribution in [2.24, 2.45) is 0 Å². The number of carbonyl (C=O) groups excluding carboxylic acids is 3. The van der Waals surface area contributed by atoms with E-state index in [-0.39, 0.29) is 41.9 Å². The Morgan fingerprint density at radius 1 is 0.735 bits per heavy atom. The van der Waals surface area contributed by atoms with Gasteiger partial charge in [-0.25, -0.2) is 14.4 Å². The Hall–Kier alpha value is -2.19. The average Bonchev–Trinajstić information content (AvgIpc) is 3.09. The van der Waals surface area contributed by atoms with Crippen molar-refractivity contribution in [1.29, 1.82) is 0 Å². The summed E-state index contributed by atoms with van der Waals surface area (Å²) in [7, 11) is 4.17. The first-order valence-electron chi connectivity index (χ1n) is 12.5. The summed E-state index contributed by atoms with van der Waals surface area (Å²) in [6.07, 6.45) is 8.47. The van der Waals surface area contributed by atoms with E-state index in [0.717, 1.165) is 32.1 Å². The van der Waals surface area contributed by atoms with Crippen LogP contribution in [-0.2, 0) is 28.6 Å². The molecule has 0 radical (unpaired) electrons. The van der Waals surface area contributed by atoms with E-state index in [1.807, 2.05) is 14.0 Å². The van der Waals surface area contributed by atoms with Crippen molar-refractivity contribution in [2.45, 2.75) is 108 Å². The largest absolute Gasteiger partial charge is 0.459 e. The Bertz CT molecular complexity index is 869. The molecule has 4 rings (SSSR count). The van der Waals surface area contributed by atoms with Crippen LogP contribution in [0.15, 0.2) is 23.3 Å². The molecule has 4 bridgehead atoms. The van der Waals surface area contributed by atoms with Crippen molar-refractivity contribution in [3.05, 3.63) is 23.3 Å². The van der Waals surface area contributed by atoms with Gasteiger partial charge in [0.25, 0.3) is 0 Å². The van der Waals surface area contributed by atoms with Crippen molar-refractivity contribution in [2.75, 3.05) is 14.1 Å². The van der Waals surface area contributed by atoms with E-state index >= 15 is 0 Å². The Balaban J connectivity index is 1.28. The van der Waals surface area contributed by atoms with Crippen LogP contribution >= 0.6 is 0 Å². The van der Waals surface area contributed by atoms with Crippen LogP contribution in [-0.4, -0.2) is 84.3 Å². The van der Waals surface area contributed by atoms with Gasteiger partial charge in [-0.3, -0.25) is 4.90 Å². The summed E-state index contributed by atoms with van der Waals surface area (Å²) < 4.78 is 17.1. The van der Waals surface area contributed by atoms with Crippen molar-refractivity contribution in [1.82, 2.24) is 9.80 Å². The van der Waals surface area contributed by atoms with E-state index in [1.165, 1.54) is 6.08 Å². The molecule has 0 aromatic rings. The monoisotopic (exact) mass is 474 g/mol. The lowest BCUT2D eigenvalue weighted by atomic mass is 10.00. The molecule has 0 aliphatic carbocycles. The first-order chi connectivity index (χ1) is 16.2. The van der Waals surface area contributed by atoms with E-state index in [1.54, 1.807) is 19.9 Å². The van der Waals surface area contributed by atoms with Crippen molar-refractivity contribution in [3.8, 4) is 0 Å². The molecule has 34 heavy (non-hydrogen) atoms. The first-order valence-corrected chi connectivity index (χ1v) is 12.5. The number of hydrogen-bond acceptors (Lipinski definition) is 8. The molecular formula is C26H38N2O6. The number of piperidine rings is 2. The van der Waals surface area contributed by atoms with Gasteiger partial charge in [0.05, 0.1) is 6.04 Å². The highest BCUT2D eigenvalue weighted by molar-refractivity contribution is 5.96. The zero-order valence-corrected chi connectivity index (χ0v) is 21.0. The maximum Gasteiger partial charge on any atom is 0.334 e. The fourth-order valence-corrected chi connectivity index (χ4v) is 6.08. The Labute approximate surface area is 202 Å². The van der Waals surface area contributed by atoms with Crippen molar-refractivity contribution >= 4 is 17.9 Å². The predicted octanol–water partition coefficient (Wildman–Crippen LogP) is 2.76. The number of carbonyl (C=O) groups is 3. The molecule has 4 fully saturated rings. The molecule has 0 aromatic heterocycles. The van der Waals surface area contributed by atoms with E-state index in [2.05, 4.69) is 16.8 Å². The second kappa shape index (κ2) is 10.2. The lowest BCUT2D eigenvalue weighted by Gasteiger charge is -2.36. The summed E-state index contributed by atoms with van der Waals surface area (Å²) in [5, 5.41) is 0. The molecule has 0 N–H and O–H groups in total. The predicted molar refractivity (Wildman–Crippen MR) is 126 cm³/mol. The normalized spacial score (nSPS) is 36.3. The molecule has 1 unspecified atom stereocenters. The lowest BCUT2D eigenvalue weighted by Crippen LogP contribution is -2.46. The van der Waals surface area contributed by atoms with Gasteiger partial charge in [0.2, 0.25) is 0 Å². The summed E-state index contributed by atoms with van der Waals surface area (Å²) in [5.41, 5.74) is 0.855. The van der Waals surface area contributed by atoms with Crippen LogP contribution in [0.5, 0.6) is 0 Å². The topological polar surface area (TPSA) is 85.4 Å².